The molecule has 1 aromatic heterocycles. The average molecular weight is 367 g/mol. The lowest BCUT2D eigenvalue weighted by Gasteiger charge is -2.36. The zero-order valence-corrected chi connectivity index (χ0v) is 14.6. The number of hydrogen-bond donors (Lipinski definition) is 1. The van der Waals surface area contributed by atoms with Gasteiger partial charge in [-0.1, -0.05) is 30.3 Å². The molecule has 0 saturated heterocycles. The summed E-state index contributed by atoms with van der Waals surface area (Å²) in [6.07, 6.45) is 2.05. The topological polar surface area (TPSA) is 37.3 Å². The van der Waals surface area contributed by atoms with E-state index in [9.17, 15) is 13.6 Å². The molecule has 1 unspecified atom stereocenters. The minimum Gasteiger partial charge on any atom is -0.348 e. The van der Waals surface area contributed by atoms with Gasteiger partial charge in [-0.3, -0.25) is 9.69 Å². The Balaban J connectivity index is 1.55. The summed E-state index contributed by atoms with van der Waals surface area (Å²) in [4.78, 5) is 14.6. The fraction of sp³-hybridized carbons (Fsp3) is 0.190. The van der Waals surface area contributed by atoms with Crippen LogP contribution in [0.15, 0.2) is 66.9 Å². The van der Waals surface area contributed by atoms with Crippen molar-refractivity contribution in [2.24, 2.45) is 0 Å². The van der Waals surface area contributed by atoms with Crippen molar-refractivity contribution in [2.75, 3.05) is 18.4 Å². The third-order valence-corrected chi connectivity index (χ3v) is 4.80. The zero-order valence-electron chi connectivity index (χ0n) is 14.6. The van der Waals surface area contributed by atoms with Crippen molar-refractivity contribution in [3.05, 3.63) is 89.8 Å². The molecule has 0 aliphatic carbocycles. The van der Waals surface area contributed by atoms with E-state index in [0.717, 1.165) is 29.9 Å². The number of halogens is 2. The number of rotatable bonds is 4. The number of hydrogen-bond acceptors (Lipinski definition) is 2. The molecule has 1 aliphatic heterocycles. The highest BCUT2D eigenvalue weighted by molar-refractivity contribution is 5.92. The number of fused-ring (bicyclic) bond motifs is 1. The number of benzene rings is 2. The number of anilines is 1. The summed E-state index contributed by atoms with van der Waals surface area (Å²) in [7, 11) is 0. The molecule has 3 aromatic rings. The van der Waals surface area contributed by atoms with Crippen molar-refractivity contribution in [2.45, 2.75) is 12.6 Å². The molecule has 138 valence electrons. The molecule has 27 heavy (non-hydrogen) atoms. The summed E-state index contributed by atoms with van der Waals surface area (Å²) >= 11 is 0. The zero-order chi connectivity index (χ0) is 18.8. The minimum atomic E-state index is -0.981. The molecule has 0 bridgehead atoms. The fourth-order valence-electron chi connectivity index (χ4n) is 3.58. The first-order chi connectivity index (χ1) is 13.1. The Kier molecular flexibility index (Phi) is 4.73. The predicted molar refractivity (Wildman–Crippen MR) is 99.3 cm³/mol. The molecule has 2 heterocycles. The van der Waals surface area contributed by atoms with Crippen molar-refractivity contribution in [1.82, 2.24) is 9.47 Å². The van der Waals surface area contributed by atoms with E-state index in [0.29, 0.717) is 6.54 Å². The molecule has 1 aliphatic rings. The van der Waals surface area contributed by atoms with Crippen LogP contribution < -0.4 is 5.32 Å². The Hall–Kier alpha value is -2.99. The van der Waals surface area contributed by atoms with Gasteiger partial charge in [0.05, 0.1) is 12.6 Å². The van der Waals surface area contributed by atoms with Gasteiger partial charge in [-0.25, -0.2) is 8.78 Å². The monoisotopic (exact) mass is 367 g/mol. The first-order valence-electron chi connectivity index (χ1n) is 8.81. The van der Waals surface area contributed by atoms with Gasteiger partial charge in [0, 0.05) is 36.7 Å². The molecule has 1 N–H and O–H groups in total. The van der Waals surface area contributed by atoms with E-state index in [4.69, 9.17) is 0 Å². The summed E-state index contributed by atoms with van der Waals surface area (Å²) < 4.78 is 28.6. The van der Waals surface area contributed by atoms with Crippen LogP contribution in [0.5, 0.6) is 0 Å². The maximum Gasteiger partial charge on any atom is 0.238 e. The van der Waals surface area contributed by atoms with Gasteiger partial charge in [-0.05, 0) is 29.8 Å². The van der Waals surface area contributed by atoms with Gasteiger partial charge < -0.3 is 9.88 Å². The molecule has 0 fully saturated rings. The van der Waals surface area contributed by atoms with Crippen molar-refractivity contribution < 1.29 is 13.6 Å². The molecule has 0 radical (unpaired) electrons. The van der Waals surface area contributed by atoms with Crippen molar-refractivity contribution >= 4 is 11.6 Å². The van der Waals surface area contributed by atoms with Crippen molar-refractivity contribution in [3.63, 3.8) is 0 Å². The second-order valence-electron chi connectivity index (χ2n) is 6.59. The van der Waals surface area contributed by atoms with E-state index in [2.05, 4.69) is 20.9 Å². The van der Waals surface area contributed by atoms with Gasteiger partial charge in [0.25, 0.3) is 0 Å². The second-order valence-corrected chi connectivity index (χ2v) is 6.59. The van der Waals surface area contributed by atoms with Gasteiger partial charge in [-0.2, -0.15) is 0 Å². The van der Waals surface area contributed by atoms with Crippen LogP contribution in [0.25, 0.3) is 0 Å². The molecule has 1 amide bonds. The summed E-state index contributed by atoms with van der Waals surface area (Å²) in [5.74, 6) is -2.18. The van der Waals surface area contributed by atoms with Crippen LogP contribution in [0.4, 0.5) is 14.5 Å². The molecular weight excluding hydrogens is 348 g/mol. The third-order valence-electron chi connectivity index (χ3n) is 4.80. The van der Waals surface area contributed by atoms with Crippen LogP contribution in [-0.2, 0) is 11.3 Å². The lowest BCUT2D eigenvalue weighted by atomic mass is 10.00. The molecule has 0 saturated carbocycles. The number of nitrogens with zero attached hydrogens (tertiary/aromatic N) is 2. The Morgan fingerprint density at radius 2 is 1.81 bits per heavy atom. The van der Waals surface area contributed by atoms with Gasteiger partial charge in [-0.15, -0.1) is 0 Å². The minimum absolute atomic E-state index is 0.0364. The van der Waals surface area contributed by atoms with E-state index in [1.54, 1.807) is 0 Å². The van der Waals surface area contributed by atoms with Gasteiger partial charge in [0.15, 0.2) is 11.6 Å². The van der Waals surface area contributed by atoms with Gasteiger partial charge in [0.2, 0.25) is 5.91 Å². The SMILES string of the molecule is O=C(CN1CCn2cccc2C1c1ccccc1)Nc1ccc(F)c(F)c1. The number of nitrogens with one attached hydrogen (secondary N) is 1. The first-order valence-corrected chi connectivity index (χ1v) is 8.81. The molecule has 6 heteroatoms. The summed E-state index contributed by atoms with van der Waals surface area (Å²) in [5.41, 5.74) is 2.49. The number of aromatic nitrogens is 1. The highest BCUT2D eigenvalue weighted by Gasteiger charge is 2.29. The van der Waals surface area contributed by atoms with E-state index >= 15 is 0 Å². The fourth-order valence-corrected chi connectivity index (χ4v) is 3.58. The molecule has 1 atom stereocenters. The Labute approximate surface area is 156 Å². The maximum absolute atomic E-state index is 13.4. The number of amides is 1. The van der Waals surface area contributed by atoms with Crippen LogP contribution >= 0.6 is 0 Å². The maximum atomic E-state index is 13.4. The van der Waals surface area contributed by atoms with E-state index < -0.39 is 11.6 Å². The van der Waals surface area contributed by atoms with Crippen LogP contribution in [0.3, 0.4) is 0 Å². The number of carbonyl (C=O) groups excluding carboxylic acids is 1. The van der Waals surface area contributed by atoms with Crippen LogP contribution in [-0.4, -0.2) is 28.5 Å². The van der Waals surface area contributed by atoms with E-state index in [-0.39, 0.29) is 24.2 Å². The van der Waals surface area contributed by atoms with Crippen LogP contribution in [0.2, 0.25) is 0 Å². The van der Waals surface area contributed by atoms with Crippen molar-refractivity contribution in [1.29, 1.82) is 0 Å². The van der Waals surface area contributed by atoms with E-state index in [1.807, 2.05) is 42.6 Å². The lowest BCUT2D eigenvalue weighted by Crippen LogP contribution is -2.42. The lowest BCUT2D eigenvalue weighted by molar-refractivity contribution is -0.117. The standard InChI is InChI=1S/C21H19F2N3O/c22-17-9-8-16(13-18(17)23)24-20(27)14-26-12-11-25-10-4-7-19(25)21(26)15-5-2-1-3-6-15/h1-10,13,21H,11-12,14H2,(H,24,27). The Morgan fingerprint density at radius 3 is 2.59 bits per heavy atom. The molecule has 4 rings (SSSR count). The highest BCUT2D eigenvalue weighted by atomic mass is 19.2. The second kappa shape index (κ2) is 7.32. The first kappa shape index (κ1) is 17.4. The molecule has 0 spiro atoms. The van der Waals surface area contributed by atoms with Crippen molar-refractivity contribution in [3.8, 4) is 0 Å². The average Bonchev–Trinajstić information content (AvgIpc) is 3.14. The van der Waals surface area contributed by atoms with E-state index in [1.165, 1.54) is 6.07 Å². The summed E-state index contributed by atoms with van der Waals surface area (Å²) in [6, 6.07) is 17.4. The third kappa shape index (κ3) is 3.61. The largest absolute Gasteiger partial charge is 0.348 e. The van der Waals surface area contributed by atoms with Gasteiger partial charge >= 0.3 is 0 Å². The predicted octanol–water partition coefficient (Wildman–Crippen LogP) is 3.81. The quantitative estimate of drug-likeness (QED) is 0.761. The smallest absolute Gasteiger partial charge is 0.238 e. The molecule has 4 nitrogen and oxygen atoms in total. The molecule has 2 aromatic carbocycles. The normalized spacial score (nSPS) is 16.7. The van der Waals surface area contributed by atoms with Gasteiger partial charge in [0.1, 0.15) is 0 Å². The Morgan fingerprint density at radius 1 is 1.00 bits per heavy atom. The summed E-state index contributed by atoms with van der Waals surface area (Å²) in [6.45, 7) is 1.67. The highest BCUT2D eigenvalue weighted by Crippen LogP contribution is 2.32. The Bertz CT molecular complexity index is 955. The number of carbonyl (C=O) groups is 1. The van der Waals surface area contributed by atoms with Crippen LogP contribution in [0, 0.1) is 11.6 Å². The van der Waals surface area contributed by atoms with Crippen LogP contribution in [0.1, 0.15) is 17.3 Å². The molecular formula is C21H19F2N3O. The summed E-state index contributed by atoms with van der Waals surface area (Å²) in [5, 5.41) is 2.65.